The molecule has 6 nitrogen and oxygen atoms in total. The van der Waals surface area contributed by atoms with Crippen molar-refractivity contribution in [2.75, 3.05) is 24.5 Å². The van der Waals surface area contributed by atoms with E-state index < -0.39 is 6.10 Å². The van der Waals surface area contributed by atoms with E-state index in [2.05, 4.69) is 22.5 Å². The summed E-state index contributed by atoms with van der Waals surface area (Å²) in [5, 5.41) is 9.67. The highest BCUT2D eigenvalue weighted by atomic mass is 16.3. The highest BCUT2D eigenvalue weighted by molar-refractivity contribution is 5.93. The molecule has 0 spiro atoms. The van der Waals surface area contributed by atoms with E-state index >= 15 is 0 Å². The summed E-state index contributed by atoms with van der Waals surface area (Å²) in [4.78, 5) is 21.1. The summed E-state index contributed by atoms with van der Waals surface area (Å²) < 4.78 is 1.86. The molecule has 2 fully saturated rings. The summed E-state index contributed by atoms with van der Waals surface area (Å²) in [7, 11) is 0. The Balaban J connectivity index is 1.68. The van der Waals surface area contributed by atoms with Gasteiger partial charge in [-0.15, -0.1) is 6.58 Å². The largest absolute Gasteiger partial charge is 0.391 e. The topological polar surface area (TPSA) is 61.1 Å². The average molecular weight is 326 g/mol. The van der Waals surface area contributed by atoms with Gasteiger partial charge in [-0.05, 0) is 31.4 Å². The number of hydrogen-bond donors (Lipinski definition) is 1. The Labute approximate surface area is 141 Å². The molecule has 2 aromatic rings. The number of amides is 1. The van der Waals surface area contributed by atoms with E-state index in [0.717, 1.165) is 30.7 Å². The lowest BCUT2D eigenvalue weighted by molar-refractivity contribution is 0.0758. The fourth-order valence-corrected chi connectivity index (χ4v) is 3.74. The number of carbonyl (C=O) groups excluding carboxylic acids is 1. The van der Waals surface area contributed by atoms with Crippen LogP contribution in [0.1, 0.15) is 29.8 Å². The predicted molar refractivity (Wildman–Crippen MR) is 92.3 cm³/mol. The Morgan fingerprint density at radius 2 is 2.21 bits per heavy atom. The van der Waals surface area contributed by atoms with Gasteiger partial charge >= 0.3 is 0 Å². The van der Waals surface area contributed by atoms with Crippen LogP contribution in [0.2, 0.25) is 0 Å². The van der Waals surface area contributed by atoms with E-state index in [4.69, 9.17) is 0 Å². The average Bonchev–Trinajstić information content (AvgIpc) is 3.32. The molecule has 2 aliphatic heterocycles. The van der Waals surface area contributed by atoms with Gasteiger partial charge in [-0.1, -0.05) is 6.08 Å². The minimum Gasteiger partial charge on any atom is -0.391 e. The van der Waals surface area contributed by atoms with Crippen LogP contribution in [0.5, 0.6) is 0 Å². The van der Waals surface area contributed by atoms with Crippen LogP contribution in [0.25, 0.3) is 5.65 Å². The number of fused-ring (bicyclic) bond motifs is 1. The summed E-state index contributed by atoms with van der Waals surface area (Å²) in [6.45, 7) is 5.92. The molecule has 0 aromatic carbocycles. The molecule has 2 aliphatic rings. The summed E-state index contributed by atoms with van der Waals surface area (Å²) in [5.74, 6) is -0.0714. The smallest absolute Gasteiger partial charge is 0.272 e. The molecule has 4 heterocycles. The molecule has 2 aromatic heterocycles. The van der Waals surface area contributed by atoms with Gasteiger partial charge in [0.25, 0.3) is 5.91 Å². The monoisotopic (exact) mass is 326 g/mol. The second-order valence-electron chi connectivity index (χ2n) is 6.59. The Morgan fingerprint density at radius 1 is 1.33 bits per heavy atom. The molecule has 0 saturated carbocycles. The zero-order chi connectivity index (χ0) is 16.7. The number of imidazole rings is 1. The van der Waals surface area contributed by atoms with Crippen molar-refractivity contribution < 1.29 is 9.90 Å². The van der Waals surface area contributed by atoms with Gasteiger partial charge < -0.3 is 14.9 Å². The quantitative estimate of drug-likeness (QED) is 0.872. The first kappa shape index (κ1) is 15.2. The number of β-amino-alcohol motifs (C(OH)–C–C–N with tert-alkyl or cyclic N) is 1. The van der Waals surface area contributed by atoms with Gasteiger partial charge in [0.1, 0.15) is 11.3 Å². The van der Waals surface area contributed by atoms with Gasteiger partial charge in [-0.25, -0.2) is 4.98 Å². The van der Waals surface area contributed by atoms with Crippen molar-refractivity contribution in [2.24, 2.45) is 0 Å². The molecule has 4 rings (SSSR count). The van der Waals surface area contributed by atoms with Crippen LogP contribution in [0.15, 0.2) is 37.2 Å². The first-order valence-corrected chi connectivity index (χ1v) is 8.51. The number of rotatable bonds is 3. The number of carbonyl (C=O) groups is 1. The molecule has 6 heteroatoms. The zero-order valence-electron chi connectivity index (χ0n) is 13.6. The van der Waals surface area contributed by atoms with E-state index in [1.54, 1.807) is 11.1 Å². The van der Waals surface area contributed by atoms with Crippen LogP contribution in [0.4, 0.5) is 5.69 Å². The molecule has 2 saturated heterocycles. The molecule has 1 N–H and O–H groups in total. The SMILES string of the molecule is C=C[C@H]1CCCN1c1ccc2ncc(C(=O)N3CC[C@H](O)C3)n2c1. The first-order valence-electron chi connectivity index (χ1n) is 8.51. The molecule has 24 heavy (non-hydrogen) atoms. The molecule has 0 aliphatic carbocycles. The number of hydrogen-bond acceptors (Lipinski definition) is 4. The van der Waals surface area contributed by atoms with Gasteiger partial charge in [0.15, 0.2) is 0 Å². The fourth-order valence-electron chi connectivity index (χ4n) is 3.74. The van der Waals surface area contributed by atoms with Gasteiger partial charge in [0.2, 0.25) is 0 Å². The van der Waals surface area contributed by atoms with Crippen molar-refractivity contribution in [3.05, 3.63) is 42.9 Å². The number of likely N-dealkylation sites (tertiary alicyclic amines) is 1. The van der Waals surface area contributed by atoms with Crippen molar-refractivity contribution in [1.29, 1.82) is 0 Å². The summed E-state index contributed by atoms with van der Waals surface area (Å²) in [6, 6.07) is 4.35. The van der Waals surface area contributed by atoms with Crippen molar-refractivity contribution in [2.45, 2.75) is 31.4 Å². The van der Waals surface area contributed by atoms with Gasteiger partial charge in [0.05, 0.1) is 18.0 Å². The fraction of sp³-hybridized carbons (Fsp3) is 0.444. The van der Waals surface area contributed by atoms with Crippen LogP contribution in [0, 0.1) is 0 Å². The molecule has 2 atom stereocenters. The van der Waals surface area contributed by atoms with E-state index in [9.17, 15) is 9.90 Å². The van der Waals surface area contributed by atoms with Crippen LogP contribution in [-0.2, 0) is 0 Å². The maximum absolute atomic E-state index is 12.7. The number of aliphatic hydroxyl groups is 1. The second kappa shape index (κ2) is 5.94. The molecule has 0 radical (unpaired) electrons. The van der Waals surface area contributed by atoms with Crippen LogP contribution in [-0.4, -0.2) is 57.1 Å². The summed E-state index contributed by atoms with van der Waals surface area (Å²) in [6.07, 6.45) is 8.09. The summed E-state index contributed by atoms with van der Waals surface area (Å²) >= 11 is 0. The van der Waals surface area contributed by atoms with Crippen molar-refractivity contribution in [3.63, 3.8) is 0 Å². The highest BCUT2D eigenvalue weighted by Gasteiger charge is 2.28. The van der Waals surface area contributed by atoms with E-state index in [-0.39, 0.29) is 5.91 Å². The van der Waals surface area contributed by atoms with Gasteiger partial charge in [-0.2, -0.15) is 0 Å². The van der Waals surface area contributed by atoms with Gasteiger partial charge in [0, 0.05) is 31.9 Å². The van der Waals surface area contributed by atoms with E-state index in [1.807, 2.05) is 22.7 Å². The van der Waals surface area contributed by atoms with Crippen molar-refractivity contribution >= 4 is 17.2 Å². The molecule has 1 amide bonds. The number of pyridine rings is 1. The zero-order valence-corrected chi connectivity index (χ0v) is 13.6. The van der Waals surface area contributed by atoms with E-state index in [1.165, 1.54) is 0 Å². The second-order valence-corrected chi connectivity index (χ2v) is 6.59. The lowest BCUT2D eigenvalue weighted by Crippen LogP contribution is -2.30. The first-order chi connectivity index (χ1) is 11.7. The standard InChI is InChI=1S/C18H22N4O2/c1-2-13-4-3-8-21(13)14-5-6-17-19-10-16(22(17)11-14)18(24)20-9-7-15(23)12-20/h2,5-6,10-11,13,15,23H,1,3-4,7-9,12H2/t13-,15-/m0/s1. The Kier molecular flexibility index (Phi) is 3.76. The van der Waals surface area contributed by atoms with Crippen LogP contribution in [0.3, 0.4) is 0 Å². The maximum Gasteiger partial charge on any atom is 0.272 e. The Hall–Kier alpha value is -2.34. The lowest BCUT2D eigenvalue weighted by Gasteiger charge is -2.24. The minimum absolute atomic E-state index is 0.0714. The normalized spacial score (nSPS) is 24.0. The lowest BCUT2D eigenvalue weighted by atomic mass is 10.2. The number of nitrogens with zero attached hydrogens (tertiary/aromatic N) is 4. The molecular formula is C18H22N4O2. The third-order valence-electron chi connectivity index (χ3n) is 5.06. The Morgan fingerprint density at radius 3 is 2.96 bits per heavy atom. The molecule has 0 bridgehead atoms. The summed E-state index contributed by atoms with van der Waals surface area (Å²) in [5.41, 5.74) is 2.39. The van der Waals surface area contributed by atoms with Gasteiger partial charge in [-0.3, -0.25) is 9.20 Å². The number of aromatic nitrogens is 2. The van der Waals surface area contributed by atoms with Crippen molar-refractivity contribution in [3.8, 4) is 0 Å². The van der Waals surface area contributed by atoms with Crippen molar-refractivity contribution in [1.82, 2.24) is 14.3 Å². The number of anilines is 1. The molecule has 126 valence electrons. The third-order valence-corrected chi connectivity index (χ3v) is 5.06. The Bertz CT molecular complexity index is 784. The number of aliphatic hydroxyl groups excluding tert-OH is 1. The highest BCUT2D eigenvalue weighted by Crippen LogP contribution is 2.27. The van der Waals surface area contributed by atoms with Crippen LogP contribution >= 0.6 is 0 Å². The minimum atomic E-state index is -0.415. The molecular weight excluding hydrogens is 304 g/mol. The molecule has 0 unspecified atom stereocenters. The maximum atomic E-state index is 12.7. The predicted octanol–water partition coefficient (Wildman–Crippen LogP) is 1.70. The van der Waals surface area contributed by atoms with E-state index in [0.29, 0.717) is 31.2 Å². The third kappa shape index (κ3) is 2.47. The van der Waals surface area contributed by atoms with Crippen LogP contribution < -0.4 is 4.90 Å².